The van der Waals surface area contributed by atoms with Crippen molar-refractivity contribution in [1.29, 1.82) is 0 Å². The van der Waals surface area contributed by atoms with Crippen LogP contribution in [0.15, 0.2) is 10.7 Å². The Morgan fingerprint density at radius 3 is 2.64 bits per heavy atom. The molecule has 0 bridgehead atoms. The molecule has 3 heterocycles. The Morgan fingerprint density at radius 2 is 1.96 bits per heavy atom. The topological polar surface area (TPSA) is 77.1 Å². The summed E-state index contributed by atoms with van der Waals surface area (Å²) in [6.45, 7) is 2.03. The van der Waals surface area contributed by atoms with E-state index in [9.17, 15) is 4.79 Å². The summed E-state index contributed by atoms with van der Waals surface area (Å²) in [5.41, 5.74) is 2.11. The van der Waals surface area contributed by atoms with Gasteiger partial charge in [-0.25, -0.2) is 0 Å². The Kier molecular flexibility index (Phi) is 4.09. The molecule has 134 valence electrons. The summed E-state index contributed by atoms with van der Waals surface area (Å²) in [4.78, 5) is 18.9. The van der Waals surface area contributed by atoms with E-state index in [1.54, 1.807) is 4.90 Å². The Hall–Kier alpha value is -2.18. The van der Waals surface area contributed by atoms with Crippen LogP contribution in [-0.2, 0) is 11.8 Å². The third kappa shape index (κ3) is 2.75. The highest BCUT2D eigenvalue weighted by Crippen LogP contribution is 2.44. The van der Waals surface area contributed by atoms with Crippen LogP contribution in [0.2, 0.25) is 0 Å². The molecule has 1 saturated carbocycles. The minimum atomic E-state index is -0.106. The predicted molar refractivity (Wildman–Crippen MR) is 90.9 cm³/mol. The molecule has 2 aromatic rings. The fourth-order valence-corrected chi connectivity index (χ4v) is 4.25. The van der Waals surface area contributed by atoms with Gasteiger partial charge in [0.2, 0.25) is 11.8 Å². The van der Waals surface area contributed by atoms with Gasteiger partial charge in [0, 0.05) is 37.7 Å². The Morgan fingerprint density at radius 1 is 1.20 bits per heavy atom. The van der Waals surface area contributed by atoms with Crippen LogP contribution in [0.25, 0.3) is 0 Å². The zero-order chi connectivity index (χ0) is 17.6. The second-order valence-corrected chi connectivity index (χ2v) is 7.39. The number of hydrogen-bond donors (Lipinski definition) is 0. The largest absolute Gasteiger partial charge is 0.339 e. The van der Waals surface area contributed by atoms with Crippen LogP contribution >= 0.6 is 0 Å². The van der Waals surface area contributed by atoms with E-state index in [4.69, 9.17) is 9.51 Å². The molecule has 2 unspecified atom stereocenters. The van der Waals surface area contributed by atoms with Crippen LogP contribution in [-0.4, -0.2) is 37.8 Å². The van der Waals surface area contributed by atoms with Crippen LogP contribution < -0.4 is 0 Å². The summed E-state index contributed by atoms with van der Waals surface area (Å²) in [7, 11) is 3.76. The van der Waals surface area contributed by atoms with Crippen molar-refractivity contribution in [3.63, 3.8) is 0 Å². The number of hydrogen-bond acceptors (Lipinski definition) is 5. The third-order valence-electron chi connectivity index (χ3n) is 5.92. The molecule has 0 N–H and O–H groups in total. The fourth-order valence-electron chi connectivity index (χ4n) is 4.25. The number of likely N-dealkylation sites (N-methyl/N-ethyl adjacent to an activating group) is 1. The standard InChI is InChI=1S/C18H25N5O2/c1-11-14(10-19-23(11)3)16-13(9-15(24)22(16)2)18-20-17(21-25-18)12-7-5-4-6-8-12/h10,12-13,16H,4-9H2,1-3H3. The molecule has 1 amide bonds. The molecule has 0 aromatic carbocycles. The van der Waals surface area contributed by atoms with Crippen molar-refractivity contribution < 1.29 is 9.32 Å². The first kappa shape index (κ1) is 16.3. The number of carbonyl (C=O) groups is 1. The molecule has 25 heavy (non-hydrogen) atoms. The first-order chi connectivity index (χ1) is 12.1. The lowest BCUT2D eigenvalue weighted by atomic mass is 9.89. The van der Waals surface area contributed by atoms with Gasteiger partial charge in [0.05, 0.1) is 18.2 Å². The zero-order valence-corrected chi connectivity index (χ0v) is 15.1. The number of nitrogens with zero attached hydrogens (tertiary/aromatic N) is 5. The van der Waals surface area contributed by atoms with E-state index < -0.39 is 0 Å². The maximum absolute atomic E-state index is 12.4. The lowest BCUT2D eigenvalue weighted by Crippen LogP contribution is -2.24. The number of aromatic nitrogens is 4. The van der Waals surface area contributed by atoms with Gasteiger partial charge in [-0.1, -0.05) is 24.4 Å². The first-order valence-corrected chi connectivity index (χ1v) is 9.14. The molecule has 1 aliphatic carbocycles. The normalized spacial score (nSPS) is 25.1. The fraction of sp³-hybridized carbons (Fsp3) is 0.667. The number of carbonyl (C=O) groups excluding carboxylic acids is 1. The van der Waals surface area contributed by atoms with Gasteiger partial charge in [-0.15, -0.1) is 0 Å². The van der Waals surface area contributed by atoms with Crippen molar-refractivity contribution in [3.05, 3.63) is 29.2 Å². The number of likely N-dealkylation sites (tertiary alicyclic amines) is 1. The quantitative estimate of drug-likeness (QED) is 0.856. The van der Waals surface area contributed by atoms with Crippen molar-refractivity contribution in [3.8, 4) is 0 Å². The van der Waals surface area contributed by atoms with Crippen molar-refractivity contribution in [1.82, 2.24) is 24.8 Å². The van der Waals surface area contributed by atoms with E-state index in [-0.39, 0.29) is 17.9 Å². The first-order valence-electron chi connectivity index (χ1n) is 9.14. The molecule has 2 aromatic heterocycles. The number of aryl methyl sites for hydroxylation is 1. The van der Waals surface area contributed by atoms with Gasteiger partial charge >= 0.3 is 0 Å². The van der Waals surface area contributed by atoms with Gasteiger partial charge in [0.1, 0.15) is 0 Å². The SMILES string of the molecule is Cc1c(C2C(c3nc(C4CCCCC4)no3)CC(=O)N2C)cnn1C. The minimum absolute atomic E-state index is 0.0964. The van der Waals surface area contributed by atoms with E-state index >= 15 is 0 Å². The van der Waals surface area contributed by atoms with Crippen LogP contribution in [0, 0.1) is 6.92 Å². The molecule has 2 aliphatic rings. The van der Waals surface area contributed by atoms with Gasteiger partial charge in [-0.3, -0.25) is 9.48 Å². The Labute approximate surface area is 147 Å². The van der Waals surface area contributed by atoms with Gasteiger partial charge in [-0.2, -0.15) is 10.1 Å². The highest BCUT2D eigenvalue weighted by Gasteiger charge is 2.44. The van der Waals surface area contributed by atoms with Gasteiger partial charge < -0.3 is 9.42 Å². The van der Waals surface area contributed by atoms with Gasteiger partial charge in [0.15, 0.2) is 5.82 Å². The highest BCUT2D eigenvalue weighted by atomic mass is 16.5. The van der Waals surface area contributed by atoms with Crippen molar-refractivity contribution >= 4 is 5.91 Å². The maximum Gasteiger partial charge on any atom is 0.232 e. The molecule has 7 heteroatoms. The summed E-state index contributed by atoms with van der Waals surface area (Å²) in [6, 6.07) is -0.0964. The van der Waals surface area contributed by atoms with Gasteiger partial charge in [0.25, 0.3) is 0 Å². The molecular weight excluding hydrogens is 318 g/mol. The van der Waals surface area contributed by atoms with Crippen LogP contribution in [0.3, 0.4) is 0 Å². The van der Waals surface area contributed by atoms with Crippen molar-refractivity contribution in [2.45, 2.75) is 63.3 Å². The maximum atomic E-state index is 12.4. The van der Waals surface area contributed by atoms with Gasteiger partial charge in [-0.05, 0) is 19.8 Å². The van der Waals surface area contributed by atoms with Crippen LogP contribution in [0.5, 0.6) is 0 Å². The molecule has 2 fully saturated rings. The molecule has 1 aliphatic heterocycles. The highest BCUT2D eigenvalue weighted by molar-refractivity contribution is 5.80. The second-order valence-electron chi connectivity index (χ2n) is 7.39. The Balaban J connectivity index is 1.65. The Bertz CT molecular complexity index is 774. The van der Waals surface area contributed by atoms with E-state index in [1.807, 2.05) is 31.9 Å². The van der Waals surface area contributed by atoms with E-state index in [1.165, 1.54) is 19.3 Å². The second kappa shape index (κ2) is 6.28. The molecule has 1 saturated heterocycles. The van der Waals surface area contributed by atoms with E-state index in [2.05, 4.69) is 10.3 Å². The van der Waals surface area contributed by atoms with Crippen LogP contribution in [0.1, 0.15) is 79.4 Å². The number of amides is 1. The summed E-state index contributed by atoms with van der Waals surface area (Å²) in [6.07, 6.45) is 8.28. The van der Waals surface area contributed by atoms with Crippen molar-refractivity contribution in [2.75, 3.05) is 7.05 Å². The predicted octanol–water partition coefficient (Wildman–Crippen LogP) is 2.85. The average Bonchev–Trinajstić information content (AvgIpc) is 3.30. The van der Waals surface area contributed by atoms with E-state index in [0.717, 1.165) is 29.9 Å². The monoisotopic (exact) mass is 343 g/mol. The third-order valence-corrected chi connectivity index (χ3v) is 5.92. The lowest BCUT2D eigenvalue weighted by molar-refractivity contribution is -0.127. The summed E-state index contributed by atoms with van der Waals surface area (Å²) >= 11 is 0. The smallest absolute Gasteiger partial charge is 0.232 e. The lowest BCUT2D eigenvalue weighted by Gasteiger charge is -2.23. The molecule has 2 atom stereocenters. The molecular formula is C18H25N5O2. The minimum Gasteiger partial charge on any atom is -0.339 e. The van der Waals surface area contributed by atoms with Crippen LogP contribution in [0.4, 0.5) is 0 Å². The molecule has 7 nitrogen and oxygen atoms in total. The number of rotatable bonds is 3. The molecule has 4 rings (SSSR count). The summed E-state index contributed by atoms with van der Waals surface area (Å²) in [5.74, 6) is 1.81. The molecule has 0 radical (unpaired) electrons. The summed E-state index contributed by atoms with van der Waals surface area (Å²) in [5, 5.41) is 8.59. The molecule has 0 spiro atoms. The average molecular weight is 343 g/mol. The summed E-state index contributed by atoms with van der Waals surface area (Å²) < 4.78 is 7.47. The van der Waals surface area contributed by atoms with Crippen molar-refractivity contribution in [2.24, 2.45) is 7.05 Å². The zero-order valence-electron chi connectivity index (χ0n) is 15.1. The van der Waals surface area contributed by atoms with E-state index in [0.29, 0.717) is 18.2 Å².